The molecule has 0 atom stereocenters. The first-order chi connectivity index (χ1) is 24.1. The van der Waals surface area contributed by atoms with Gasteiger partial charge >= 0.3 is 0 Å². The first-order valence-electron chi connectivity index (χ1n) is 17.3. The highest BCUT2D eigenvalue weighted by molar-refractivity contribution is 6.25. The van der Waals surface area contributed by atoms with Crippen molar-refractivity contribution in [3.63, 3.8) is 0 Å². The highest BCUT2D eigenvalue weighted by atomic mass is 14.4. The molecule has 0 aromatic heterocycles. The molecule has 0 spiro atoms. The minimum atomic E-state index is -0.162. The summed E-state index contributed by atoms with van der Waals surface area (Å²) in [5, 5.41) is 10.4. The van der Waals surface area contributed by atoms with Gasteiger partial charge in [-0.25, -0.2) is 0 Å². The summed E-state index contributed by atoms with van der Waals surface area (Å²) in [6, 6.07) is 62.9. The van der Waals surface area contributed by atoms with Gasteiger partial charge < -0.3 is 0 Å². The summed E-state index contributed by atoms with van der Waals surface area (Å²) in [5.74, 6) is 0. The molecule has 0 radical (unpaired) electrons. The summed E-state index contributed by atoms with van der Waals surface area (Å²) in [6.07, 6.45) is 0. The lowest BCUT2D eigenvalue weighted by Gasteiger charge is -2.24. The molecular formula is C49H34. The molecule has 0 fully saturated rings. The van der Waals surface area contributed by atoms with Crippen LogP contribution in [0, 0.1) is 0 Å². The van der Waals surface area contributed by atoms with Crippen LogP contribution in [0.4, 0.5) is 0 Å². The van der Waals surface area contributed by atoms with Gasteiger partial charge in [-0.3, -0.25) is 0 Å². The van der Waals surface area contributed by atoms with Gasteiger partial charge in [0.15, 0.2) is 0 Å². The molecule has 10 rings (SSSR count). The summed E-state index contributed by atoms with van der Waals surface area (Å²) >= 11 is 0. The van der Waals surface area contributed by atoms with Crippen molar-refractivity contribution < 1.29 is 0 Å². The summed E-state index contributed by atoms with van der Waals surface area (Å²) in [7, 11) is 0. The molecule has 0 heteroatoms. The SMILES string of the molecule is CC1(C)c2cccc(-c3c4ccccc4c(-c4ccccc4-c4ccccc4)c4ccccc34)c2-c2c1c1ccccc1c1ccccc21. The number of fused-ring (bicyclic) bond motifs is 10. The maximum Gasteiger partial charge on any atom is 0.0165 e. The highest BCUT2D eigenvalue weighted by Gasteiger charge is 2.40. The molecule has 0 amide bonds. The van der Waals surface area contributed by atoms with Crippen molar-refractivity contribution in [3.05, 3.63) is 181 Å². The second-order valence-corrected chi connectivity index (χ2v) is 13.9. The Labute approximate surface area is 286 Å². The van der Waals surface area contributed by atoms with Crippen LogP contribution < -0.4 is 0 Å². The lowest BCUT2D eigenvalue weighted by molar-refractivity contribution is 0.666. The number of hydrogen-bond acceptors (Lipinski definition) is 0. The van der Waals surface area contributed by atoms with E-state index < -0.39 is 0 Å². The van der Waals surface area contributed by atoms with Crippen molar-refractivity contribution in [1.82, 2.24) is 0 Å². The first-order valence-corrected chi connectivity index (χ1v) is 17.3. The van der Waals surface area contributed by atoms with Gasteiger partial charge in [-0.2, -0.15) is 0 Å². The standard InChI is InChI=1S/C49H34/c1-49(2)43-30-16-29-42(46(43)47-36-23-10-7-20-33(36)34-21-8-15-28-41(34)48(47)49)45-39-26-13-11-24-37(39)44(38-25-12-14-27-40(38)45)35-22-9-6-19-32(35)31-17-4-3-5-18-31/h3-30H,1-2H3. The van der Waals surface area contributed by atoms with Crippen molar-refractivity contribution in [2.24, 2.45) is 0 Å². The maximum atomic E-state index is 2.42. The fourth-order valence-corrected chi connectivity index (χ4v) is 9.01. The van der Waals surface area contributed by atoms with Crippen LogP contribution in [0.1, 0.15) is 25.0 Å². The van der Waals surface area contributed by atoms with Crippen LogP contribution in [0.5, 0.6) is 0 Å². The molecule has 0 bridgehead atoms. The maximum absolute atomic E-state index is 2.42. The lowest BCUT2D eigenvalue weighted by atomic mass is 9.79. The summed E-state index contributed by atoms with van der Waals surface area (Å²) < 4.78 is 0. The van der Waals surface area contributed by atoms with E-state index in [0.29, 0.717) is 0 Å². The van der Waals surface area contributed by atoms with Gasteiger partial charge in [0.2, 0.25) is 0 Å². The predicted molar refractivity (Wildman–Crippen MR) is 210 cm³/mol. The molecule has 49 heavy (non-hydrogen) atoms. The van der Waals surface area contributed by atoms with E-state index in [2.05, 4.69) is 184 Å². The Bertz CT molecular complexity index is 2720. The molecule has 230 valence electrons. The monoisotopic (exact) mass is 622 g/mol. The van der Waals surface area contributed by atoms with E-state index in [4.69, 9.17) is 0 Å². The Hall–Kier alpha value is -5.98. The first kappa shape index (κ1) is 28.1. The zero-order valence-electron chi connectivity index (χ0n) is 27.7. The van der Waals surface area contributed by atoms with Gasteiger partial charge in [-0.1, -0.05) is 184 Å². The molecule has 0 nitrogen and oxygen atoms in total. The molecule has 0 unspecified atom stereocenters. The smallest absolute Gasteiger partial charge is 0.0165 e. The van der Waals surface area contributed by atoms with E-state index in [-0.39, 0.29) is 5.41 Å². The summed E-state index contributed by atoms with van der Waals surface area (Å²) in [5.41, 5.74) is 13.1. The van der Waals surface area contributed by atoms with Crippen LogP contribution in [-0.2, 0) is 5.41 Å². The Balaban J connectivity index is 1.36. The Kier molecular flexibility index (Phi) is 6.02. The number of benzene rings is 9. The van der Waals surface area contributed by atoms with Crippen molar-refractivity contribution in [1.29, 1.82) is 0 Å². The number of hydrogen-bond donors (Lipinski definition) is 0. The molecule has 1 aliphatic carbocycles. The topological polar surface area (TPSA) is 0 Å². The fourth-order valence-electron chi connectivity index (χ4n) is 9.01. The average molecular weight is 623 g/mol. The molecule has 0 heterocycles. The van der Waals surface area contributed by atoms with Crippen LogP contribution in [0.15, 0.2) is 170 Å². The normalized spacial score (nSPS) is 13.3. The van der Waals surface area contributed by atoms with E-state index in [9.17, 15) is 0 Å². The van der Waals surface area contributed by atoms with Gasteiger partial charge in [0.25, 0.3) is 0 Å². The molecule has 0 N–H and O–H groups in total. The molecule has 1 aliphatic rings. The van der Waals surface area contributed by atoms with E-state index in [1.807, 2.05) is 0 Å². The highest BCUT2D eigenvalue weighted by Crippen LogP contribution is 2.58. The van der Waals surface area contributed by atoms with Crippen molar-refractivity contribution >= 4 is 43.1 Å². The van der Waals surface area contributed by atoms with E-state index >= 15 is 0 Å². The average Bonchev–Trinajstić information content (AvgIpc) is 3.41. The number of rotatable bonds is 3. The van der Waals surface area contributed by atoms with Crippen LogP contribution in [0.3, 0.4) is 0 Å². The second kappa shape index (κ2) is 10.5. The zero-order valence-corrected chi connectivity index (χ0v) is 27.7. The molecule has 9 aromatic carbocycles. The molecule has 0 saturated heterocycles. The second-order valence-electron chi connectivity index (χ2n) is 13.9. The lowest BCUT2D eigenvalue weighted by Crippen LogP contribution is -2.15. The molecule has 0 aliphatic heterocycles. The Morgan fingerprint density at radius 1 is 0.286 bits per heavy atom. The van der Waals surface area contributed by atoms with Gasteiger partial charge in [-0.15, -0.1) is 0 Å². The largest absolute Gasteiger partial charge is 0.0622 e. The van der Waals surface area contributed by atoms with Crippen LogP contribution in [0.2, 0.25) is 0 Å². The Morgan fingerprint density at radius 2 is 0.694 bits per heavy atom. The molecular weight excluding hydrogens is 589 g/mol. The van der Waals surface area contributed by atoms with Crippen molar-refractivity contribution in [3.8, 4) is 44.5 Å². The van der Waals surface area contributed by atoms with Gasteiger partial charge in [-0.05, 0) is 98.7 Å². The predicted octanol–water partition coefficient (Wildman–Crippen LogP) is 13.6. The zero-order chi connectivity index (χ0) is 32.7. The third-order valence-corrected chi connectivity index (χ3v) is 11.0. The molecule has 0 saturated carbocycles. The Morgan fingerprint density at radius 3 is 1.29 bits per heavy atom. The quantitative estimate of drug-likeness (QED) is 0.136. The third-order valence-electron chi connectivity index (χ3n) is 11.0. The minimum absolute atomic E-state index is 0.162. The van der Waals surface area contributed by atoms with Gasteiger partial charge in [0.1, 0.15) is 0 Å². The molecule has 9 aromatic rings. The van der Waals surface area contributed by atoms with E-state index in [1.54, 1.807) is 0 Å². The van der Waals surface area contributed by atoms with Crippen molar-refractivity contribution in [2.45, 2.75) is 19.3 Å². The minimum Gasteiger partial charge on any atom is -0.0622 e. The summed E-state index contributed by atoms with van der Waals surface area (Å²) in [6.45, 7) is 4.84. The van der Waals surface area contributed by atoms with E-state index in [0.717, 1.165) is 0 Å². The summed E-state index contributed by atoms with van der Waals surface area (Å²) in [4.78, 5) is 0. The van der Waals surface area contributed by atoms with Crippen LogP contribution in [0.25, 0.3) is 87.6 Å². The van der Waals surface area contributed by atoms with Crippen molar-refractivity contribution in [2.75, 3.05) is 0 Å². The van der Waals surface area contributed by atoms with Crippen LogP contribution >= 0.6 is 0 Å². The van der Waals surface area contributed by atoms with Gasteiger partial charge in [0.05, 0.1) is 0 Å². The van der Waals surface area contributed by atoms with Crippen LogP contribution in [-0.4, -0.2) is 0 Å². The van der Waals surface area contributed by atoms with E-state index in [1.165, 1.54) is 98.7 Å². The van der Waals surface area contributed by atoms with Gasteiger partial charge in [0, 0.05) is 5.41 Å². The third kappa shape index (κ3) is 3.92. The fraction of sp³-hybridized carbons (Fsp3) is 0.0612.